The van der Waals surface area contributed by atoms with Gasteiger partial charge in [0.1, 0.15) is 0 Å². The summed E-state index contributed by atoms with van der Waals surface area (Å²) in [5.74, 6) is -1.29. The highest BCUT2D eigenvalue weighted by Gasteiger charge is 2.19. The number of nitro groups is 1. The van der Waals surface area contributed by atoms with Crippen molar-refractivity contribution in [1.29, 1.82) is 0 Å². The molecule has 0 heterocycles. The zero-order valence-electron chi connectivity index (χ0n) is 11.3. The lowest BCUT2D eigenvalue weighted by molar-refractivity contribution is -0.384. The molecule has 0 saturated carbocycles. The summed E-state index contributed by atoms with van der Waals surface area (Å²) < 4.78 is 0. The Morgan fingerprint density at radius 2 is 1.90 bits per heavy atom. The minimum Gasteiger partial charge on any atom is -0.478 e. The van der Waals surface area contributed by atoms with Crippen LogP contribution < -0.4 is 10.6 Å². The van der Waals surface area contributed by atoms with Crippen molar-refractivity contribution < 1.29 is 19.6 Å². The summed E-state index contributed by atoms with van der Waals surface area (Å²) in [5, 5.41) is 24.6. The molecule has 108 valence electrons. The molecule has 3 N–H and O–H groups in total. The zero-order valence-corrected chi connectivity index (χ0v) is 11.3. The molecule has 0 spiro atoms. The SMILES string of the molecule is CC(C)(C)NC(=O)Nc1cc([N+](=O)[O-])ccc1C(=O)O. The number of carboxylic acid groups (broad SMARTS) is 1. The Kier molecular flexibility index (Phi) is 4.28. The molecule has 1 aromatic carbocycles. The van der Waals surface area contributed by atoms with Gasteiger partial charge in [0, 0.05) is 17.7 Å². The van der Waals surface area contributed by atoms with Crippen molar-refractivity contribution in [2.45, 2.75) is 26.3 Å². The van der Waals surface area contributed by atoms with E-state index in [1.54, 1.807) is 20.8 Å². The molecule has 8 nitrogen and oxygen atoms in total. The summed E-state index contributed by atoms with van der Waals surface area (Å²) in [6.07, 6.45) is 0. The number of rotatable bonds is 3. The number of non-ortho nitro benzene ring substituents is 1. The quantitative estimate of drug-likeness (QED) is 0.579. The number of hydrogen-bond acceptors (Lipinski definition) is 4. The van der Waals surface area contributed by atoms with Gasteiger partial charge in [-0.25, -0.2) is 9.59 Å². The van der Waals surface area contributed by atoms with E-state index >= 15 is 0 Å². The number of benzene rings is 1. The number of nitrogens with one attached hydrogen (secondary N) is 2. The fourth-order valence-corrected chi connectivity index (χ4v) is 1.43. The Bertz CT molecular complexity index is 563. The lowest BCUT2D eigenvalue weighted by Gasteiger charge is -2.21. The Hall–Kier alpha value is -2.64. The highest BCUT2D eigenvalue weighted by Crippen LogP contribution is 2.22. The molecule has 0 saturated heterocycles. The van der Waals surface area contributed by atoms with E-state index in [2.05, 4.69) is 10.6 Å². The summed E-state index contributed by atoms with van der Waals surface area (Å²) >= 11 is 0. The van der Waals surface area contributed by atoms with Gasteiger partial charge >= 0.3 is 12.0 Å². The second kappa shape index (κ2) is 5.55. The number of carbonyl (C=O) groups excluding carboxylic acids is 1. The Morgan fingerprint density at radius 3 is 2.35 bits per heavy atom. The maximum Gasteiger partial charge on any atom is 0.337 e. The van der Waals surface area contributed by atoms with Crippen LogP contribution in [0.15, 0.2) is 18.2 Å². The van der Waals surface area contributed by atoms with E-state index in [1.165, 1.54) is 0 Å². The largest absolute Gasteiger partial charge is 0.478 e. The predicted octanol–water partition coefficient (Wildman–Crippen LogP) is 2.21. The second-order valence-electron chi connectivity index (χ2n) is 5.12. The van der Waals surface area contributed by atoms with Crippen molar-refractivity contribution in [3.63, 3.8) is 0 Å². The van der Waals surface area contributed by atoms with Gasteiger partial charge in [-0.3, -0.25) is 10.1 Å². The van der Waals surface area contributed by atoms with Crippen molar-refractivity contribution in [3.8, 4) is 0 Å². The smallest absolute Gasteiger partial charge is 0.337 e. The molecule has 1 rings (SSSR count). The second-order valence-corrected chi connectivity index (χ2v) is 5.12. The molecular weight excluding hydrogens is 266 g/mol. The first-order valence-electron chi connectivity index (χ1n) is 5.71. The molecule has 0 bridgehead atoms. The number of carboxylic acids is 1. The lowest BCUT2D eigenvalue weighted by Crippen LogP contribution is -2.43. The molecule has 0 aromatic heterocycles. The molecule has 0 atom stereocenters. The first-order valence-corrected chi connectivity index (χ1v) is 5.71. The molecule has 0 radical (unpaired) electrons. The van der Waals surface area contributed by atoms with Gasteiger partial charge in [0.25, 0.3) is 5.69 Å². The summed E-state index contributed by atoms with van der Waals surface area (Å²) in [4.78, 5) is 32.7. The number of anilines is 1. The van der Waals surface area contributed by atoms with E-state index < -0.39 is 22.5 Å². The normalized spacial score (nSPS) is 10.8. The monoisotopic (exact) mass is 281 g/mol. The van der Waals surface area contributed by atoms with E-state index in [4.69, 9.17) is 5.11 Å². The number of aromatic carboxylic acids is 1. The molecule has 2 amide bonds. The zero-order chi connectivity index (χ0) is 15.5. The third-order valence-electron chi connectivity index (χ3n) is 2.18. The minimum absolute atomic E-state index is 0.131. The van der Waals surface area contributed by atoms with E-state index in [0.717, 1.165) is 18.2 Å². The first-order chi connectivity index (χ1) is 9.10. The van der Waals surface area contributed by atoms with Crippen LogP contribution in [0.5, 0.6) is 0 Å². The van der Waals surface area contributed by atoms with Crippen molar-refractivity contribution in [3.05, 3.63) is 33.9 Å². The average Bonchev–Trinajstić information content (AvgIpc) is 2.25. The van der Waals surface area contributed by atoms with Crippen LogP contribution in [0.2, 0.25) is 0 Å². The number of urea groups is 1. The van der Waals surface area contributed by atoms with Crippen LogP contribution >= 0.6 is 0 Å². The van der Waals surface area contributed by atoms with E-state index in [0.29, 0.717) is 0 Å². The number of amides is 2. The van der Waals surface area contributed by atoms with Crippen LogP contribution in [-0.4, -0.2) is 27.6 Å². The molecule has 0 aliphatic carbocycles. The maximum atomic E-state index is 11.7. The molecular formula is C12H15N3O5. The molecule has 0 fully saturated rings. The molecule has 20 heavy (non-hydrogen) atoms. The topological polar surface area (TPSA) is 122 Å². The number of hydrogen-bond donors (Lipinski definition) is 3. The number of carbonyl (C=O) groups is 2. The van der Waals surface area contributed by atoms with E-state index in [-0.39, 0.29) is 16.9 Å². The van der Waals surface area contributed by atoms with Crippen LogP contribution in [-0.2, 0) is 0 Å². The third-order valence-corrected chi connectivity index (χ3v) is 2.18. The fourth-order valence-electron chi connectivity index (χ4n) is 1.43. The summed E-state index contributed by atoms with van der Waals surface area (Å²) in [7, 11) is 0. The van der Waals surface area contributed by atoms with Crippen LogP contribution in [0.25, 0.3) is 0 Å². The van der Waals surface area contributed by atoms with Gasteiger partial charge in [-0.2, -0.15) is 0 Å². The predicted molar refractivity (Wildman–Crippen MR) is 72.0 cm³/mol. The summed E-state index contributed by atoms with van der Waals surface area (Å²) in [6.45, 7) is 5.24. The fraction of sp³-hybridized carbons (Fsp3) is 0.333. The molecule has 1 aromatic rings. The Balaban J connectivity index is 3.08. The Labute approximate surface area is 114 Å². The first kappa shape index (κ1) is 15.4. The van der Waals surface area contributed by atoms with Crippen molar-refractivity contribution in [2.75, 3.05) is 5.32 Å². The van der Waals surface area contributed by atoms with Crippen molar-refractivity contribution in [1.82, 2.24) is 5.32 Å². The van der Waals surface area contributed by atoms with E-state index in [9.17, 15) is 19.7 Å². The van der Waals surface area contributed by atoms with E-state index in [1.807, 2.05) is 0 Å². The summed E-state index contributed by atoms with van der Waals surface area (Å²) in [5.41, 5.74) is -1.18. The van der Waals surface area contributed by atoms with Crippen LogP contribution in [0.3, 0.4) is 0 Å². The highest BCUT2D eigenvalue weighted by atomic mass is 16.6. The summed E-state index contributed by atoms with van der Waals surface area (Å²) in [6, 6.07) is 2.51. The molecule has 0 aliphatic rings. The standard InChI is InChI=1S/C12H15N3O5/c1-12(2,3)14-11(18)13-9-6-7(15(19)20)4-5-8(9)10(16)17/h4-6H,1-3H3,(H,16,17)(H2,13,14,18). The van der Waals surface area contributed by atoms with Gasteiger partial charge in [0.05, 0.1) is 16.2 Å². The van der Waals surface area contributed by atoms with Gasteiger partial charge in [0.2, 0.25) is 0 Å². The lowest BCUT2D eigenvalue weighted by atomic mass is 10.1. The van der Waals surface area contributed by atoms with Gasteiger partial charge < -0.3 is 15.7 Å². The van der Waals surface area contributed by atoms with Crippen molar-refractivity contribution >= 4 is 23.4 Å². The van der Waals surface area contributed by atoms with Gasteiger partial charge in [-0.05, 0) is 26.8 Å². The molecule has 8 heteroatoms. The van der Waals surface area contributed by atoms with Crippen LogP contribution in [0.1, 0.15) is 31.1 Å². The van der Waals surface area contributed by atoms with Crippen LogP contribution in [0.4, 0.5) is 16.2 Å². The third kappa shape index (κ3) is 4.23. The Morgan fingerprint density at radius 1 is 1.30 bits per heavy atom. The van der Waals surface area contributed by atoms with Gasteiger partial charge in [0.15, 0.2) is 0 Å². The average molecular weight is 281 g/mol. The van der Waals surface area contributed by atoms with Crippen molar-refractivity contribution in [2.24, 2.45) is 0 Å². The maximum absolute atomic E-state index is 11.7. The number of nitrogens with zero attached hydrogens (tertiary/aromatic N) is 1. The molecule has 0 unspecified atom stereocenters. The van der Waals surface area contributed by atoms with Gasteiger partial charge in [-0.15, -0.1) is 0 Å². The molecule has 0 aliphatic heterocycles. The highest BCUT2D eigenvalue weighted by molar-refractivity contribution is 6.00. The minimum atomic E-state index is -1.29. The van der Waals surface area contributed by atoms with Gasteiger partial charge in [-0.1, -0.05) is 0 Å². The number of nitro benzene ring substituents is 1. The van der Waals surface area contributed by atoms with Crippen LogP contribution in [0, 0.1) is 10.1 Å².